The number of aromatic hydroxyl groups is 1. The number of phenols is 1. The van der Waals surface area contributed by atoms with Gasteiger partial charge >= 0.3 is 0 Å². The second-order valence-corrected chi connectivity index (χ2v) is 18.2. The number of hydrogen-bond acceptors (Lipinski definition) is 13. The zero-order valence-electron chi connectivity index (χ0n) is 38.1. The number of anilines is 2. The molecule has 67 heavy (non-hydrogen) atoms. The summed E-state index contributed by atoms with van der Waals surface area (Å²) >= 11 is 5.64. The molecule has 2 fully saturated rings. The number of likely N-dealkylation sites (tertiary alicyclic amines) is 1. The van der Waals surface area contributed by atoms with Crippen molar-refractivity contribution in [3.05, 3.63) is 90.2 Å². The zero-order chi connectivity index (χ0) is 48.5. The Morgan fingerprint density at radius 3 is 2.39 bits per heavy atom. The van der Waals surface area contributed by atoms with Crippen LogP contribution in [0.4, 0.5) is 15.8 Å². The van der Waals surface area contributed by atoms with E-state index in [9.17, 15) is 29.4 Å². The normalized spacial score (nSPS) is 17.4. The summed E-state index contributed by atoms with van der Waals surface area (Å²) in [5, 5.41) is 35.6. The van der Waals surface area contributed by atoms with Gasteiger partial charge in [-0.25, -0.2) is 9.37 Å². The van der Waals surface area contributed by atoms with Crippen LogP contribution in [0.25, 0.3) is 11.3 Å². The molecular formula is C48H56FN7O10S. The second-order valence-electron chi connectivity index (χ2n) is 17.9. The van der Waals surface area contributed by atoms with Crippen molar-refractivity contribution >= 4 is 52.3 Å². The molecule has 2 aliphatic rings. The van der Waals surface area contributed by atoms with E-state index in [2.05, 4.69) is 15.6 Å². The number of aromatic nitrogens is 1. The number of carbonyl (C=O) groups is 4. The summed E-state index contributed by atoms with van der Waals surface area (Å²) in [6.07, 6.45) is 3.85. The summed E-state index contributed by atoms with van der Waals surface area (Å²) in [5.41, 5.74) is 0.432. The van der Waals surface area contributed by atoms with Crippen LogP contribution in [0.5, 0.6) is 11.5 Å². The number of hydrogen-bond donors (Lipinski definition) is 4. The van der Waals surface area contributed by atoms with Crippen LogP contribution in [-0.2, 0) is 35.2 Å². The zero-order valence-corrected chi connectivity index (χ0v) is 38.9. The van der Waals surface area contributed by atoms with Crippen molar-refractivity contribution in [3.8, 4) is 28.9 Å². The first-order valence-corrected chi connectivity index (χ1v) is 22.3. The standard InChI is InChI=1S/C48H56FN7O10S/c1-47(2,3)42(44(61)54-27-35(57)23-37(54)43(60)52-25-30-9-11-31(12-10-30)40-26-51-29-66-40)53-41(59)28-64-19-8-18-63-17-6-7-20-65-39-16-15-34(21-36(39)49)56-46(67)55(45(62)48(56,4)5)33-14-13-32(24-50)38(58)22-33/h9-16,21-22,26,29,35,37,42,57-58H,6-8,17-20,23,25,27-28H2,1-5H3,(H,52,60)(H,53,59)/t35-,37+,42?/m1/s1. The number of halogens is 1. The molecular weight excluding hydrogens is 886 g/mol. The highest BCUT2D eigenvalue weighted by Crippen LogP contribution is 2.39. The summed E-state index contributed by atoms with van der Waals surface area (Å²) < 4.78 is 37.5. The smallest absolute Gasteiger partial charge is 0.259 e. The monoisotopic (exact) mass is 941 g/mol. The second kappa shape index (κ2) is 21.9. The molecule has 6 rings (SSSR count). The molecule has 0 saturated carbocycles. The third kappa shape index (κ3) is 12.1. The van der Waals surface area contributed by atoms with E-state index in [1.54, 1.807) is 46.9 Å². The molecule has 1 unspecified atom stereocenters. The van der Waals surface area contributed by atoms with E-state index in [0.29, 0.717) is 43.9 Å². The number of amides is 4. The number of aliphatic hydroxyl groups excluding tert-OH is 1. The summed E-state index contributed by atoms with van der Waals surface area (Å²) in [7, 11) is 0. The number of rotatable bonds is 20. The third-order valence-corrected chi connectivity index (χ3v) is 11.7. The minimum atomic E-state index is -1.18. The van der Waals surface area contributed by atoms with Crippen LogP contribution in [0.2, 0.25) is 0 Å². The van der Waals surface area contributed by atoms with E-state index < -0.39 is 52.7 Å². The highest BCUT2D eigenvalue weighted by molar-refractivity contribution is 7.81. The number of benzene rings is 3. The molecule has 4 aromatic rings. The fraction of sp³-hybridized carbons (Fsp3) is 0.438. The van der Waals surface area contributed by atoms with E-state index >= 15 is 4.39 Å². The van der Waals surface area contributed by atoms with Crippen LogP contribution < -0.4 is 25.2 Å². The van der Waals surface area contributed by atoms with Gasteiger partial charge in [0, 0.05) is 62.7 Å². The van der Waals surface area contributed by atoms with Crippen molar-refractivity contribution < 1.29 is 52.4 Å². The van der Waals surface area contributed by atoms with Crippen LogP contribution >= 0.6 is 12.2 Å². The van der Waals surface area contributed by atoms with Crippen molar-refractivity contribution in [2.75, 3.05) is 49.4 Å². The number of nitrogens with zero attached hydrogens (tertiary/aromatic N) is 5. The lowest BCUT2D eigenvalue weighted by atomic mass is 9.85. The highest BCUT2D eigenvalue weighted by atomic mass is 32.1. The molecule has 3 heterocycles. The number of unbranched alkanes of at least 4 members (excludes halogenated alkanes) is 1. The van der Waals surface area contributed by atoms with Crippen LogP contribution in [-0.4, -0.2) is 112 Å². The fourth-order valence-electron chi connectivity index (χ4n) is 7.75. The number of oxazole rings is 1. The Morgan fingerprint density at radius 1 is 1.01 bits per heavy atom. The van der Waals surface area contributed by atoms with Gasteiger partial charge in [0.15, 0.2) is 28.8 Å². The molecule has 17 nitrogen and oxygen atoms in total. The van der Waals surface area contributed by atoms with Crippen LogP contribution in [0, 0.1) is 22.6 Å². The number of nitriles is 1. The Balaban J connectivity index is 0.866. The van der Waals surface area contributed by atoms with Crippen LogP contribution in [0.1, 0.15) is 71.4 Å². The SMILES string of the molecule is CC(C)(C)C(NC(=O)COCCCOCCCCOc1ccc(N2C(=S)N(c3ccc(C#N)c(O)c3)C(=O)C2(C)C)cc1F)C(=O)N1C[C@H](O)C[C@H]1C(=O)NCc1ccc(-c2cnco2)cc1. The maximum absolute atomic E-state index is 15.3. The van der Waals surface area contributed by atoms with E-state index in [1.807, 2.05) is 30.3 Å². The molecule has 1 aromatic heterocycles. The molecule has 4 amide bonds. The first-order chi connectivity index (χ1) is 31.9. The Kier molecular flexibility index (Phi) is 16.3. The topological polar surface area (TPSA) is 220 Å². The first kappa shape index (κ1) is 50.0. The van der Waals surface area contributed by atoms with Crippen molar-refractivity contribution in [2.24, 2.45) is 5.41 Å². The summed E-state index contributed by atoms with van der Waals surface area (Å²) in [5.74, 6) is -2.04. The predicted octanol–water partition coefficient (Wildman–Crippen LogP) is 5.37. The van der Waals surface area contributed by atoms with Crippen LogP contribution in [0.15, 0.2) is 77.7 Å². The molecule has 0 spiro atoms. The Labute approximate surface area is 393 Å². The molecule has 3 atom stereocenters. The van der Waals surface area contributed by atoms with Gasteiger partial charge in [-0.2, -0.15) is 5.26 Å². The lowest BCUT2D eigenvalue weighted by Crippen LogP contribution is -2.58. The number of nitrogens with one attached hydrogen (secondary N) is 2. The van der Waals surface area contributed by atoms with E-state index in [1.165, 1.54) is 51.4 Å². The van der Waals surface area contributed by atoms with Gasteiger partial charge in [-0.15, -0.1) is 0 Å². The molecule has 19 heteroatoms. The van der Waals surface area contributed by atoms with Crippen molar-refractivity contribution in [1.82, 2.24) is 20.5 Å². The van der Waals surface area contributed by atoms with E-state index in [0.717, 1.165) is 11.1 Å². The summed E-state index contributed by atoms with van der Waals surface area (Å²) in [6, 6.07) is 15.9. The predicted molar refractivity (Wildman–Crippen MR) is 248 cm³/mol. The van der Waals surface area contributed by atoms with Crippen molar-refractivity contribution in [2.45, 2.75) is 90.6 Å². The van der Waals surface area contributed by atoms with Gasteiger partial charge in [0.05, 0.1) is 30.2 Å². The number of β-amino-alcohol motifs (C(OH)–C–C–N with tert-alkyl or cyclic N) is 1. The minimum absolute atomic E-state index is 0.0354. The largest absolute Gasteiger partial charge is 0.506 e. The fourth-order valence-corrected chi connectivity index (χ4v) is 8.27. The van der Waals surface area contributed by atoms with E-state index in [4.69, 9.17) is 36.1 Å². The molecule has 356 valence electrons. The van der Waals surface area contributed by atoms with Gasteiger partial charge in [-0.05, 0) is 80.6 Å². The highest BCUT2D eigenvalue weighted by Gasteiger charge is 2.50. The molecule has 0 aliphatic carbocycles. The average molecular weight is 942 g/mol. The van der Waals surface area contributed by atoms with Gasteiger partial charge in [0.25, 0.3) is 5.91 Å². The number of phenolic OH excluding ortho intramolecular Hbond substituents is 1. The number of thiocarbonyl (C=S) groups is 1. The van der Waals surface area contributed by atoms with Gasteiger partial charge < -0.3 is 49.3 Å². The molecule has 4 N–H and O–H groups in total. The molecule has 0 radical (unpaired) electrons. The Hall–Kier alpha value is -6.46. The Morgan fingerprint density at radius 2 is 1.72 bits per heavy atom. The maximum Gasteiger partial charge on any atom is 0.259 e. The first-order valence-electron chi connectivity index (χ1n) is 21.9. The Bertz CT molecular complexity index is 2460. The third-order valence-electron chi connectivity index (χ3n) is 11.4. The molecule has 3 aromatic carbocycles. The summed E-state index contributed by atoms with van der Waals surface area (Å²) in [6.45, 7) is 9.86. The van der Waals surface area contributed by atoms with Crippen LogP contribution in [0.3, 0.4) is 0 Å². The summed E-state index contributed by atoms with van der Waals surface area (Å²) in [4.78, 5) is 61.7. The van der Waals surface area contributed by atoms with Gasteiger partial charge in [0.1, 0.15) is 36.0 Å². The van der Waals surface area contributed by atoms with Crippen molar-refractivity contribution in [1.29, 1.82) is 5.26 Å². The number of ether oxygens (including phenoxy) is 3. The maximum atomic E-state index is 15.3. The van der Waals surface area contributed by atoms with Gasteiger partial charge in [0.2, 0.25) is 17.7 Å². The van der Waals surface area contributed by atoms with Gasteiger partial charge in [-0.1, -0.05) is 45.0 Å². The molecule has 0 bridgehead atoms. The lowest BCUT2D eigenvalue weighted by molar-refractivity contribution is -0.144. The molecule has 2 saturated heterocycles. The van der Waals surface area contributed by atoms with Gasteiger partial charge in [-0.3, -0.25) is 24.1 Å². The molecule has 2 aliphatic heterocycles. The minimum Gasteiger partial charge on any atom is -0.506 e. The number of aliphatic hydroxyl groups is 1. The quantitative estimate of drug-likeness (QED) is 0.0648. The van der Waals surface area contributed by atoms with E-state index in [-0.39, 0.29) is 73.1 Å². The number of carbonyl (C=O) groups excluding carboxylic acids is 4. The van der Waals surface area contributed by atoms with Crippen molar-refractivity contribution in [3.63, 3.8) is 0 Å². The lowest BCUT2D eigenvalue weighted by Gasteiger charge is -2.35. The average Bonchev–Trinajstić information content (AvgIpc) is 4.01.